The predicted molar refractivity (Wildman–Crippen MR) is 75.7 cm³/mol. The summed E-state index contributed by atoms with van der Waals surface area (Å²) in [6, 6.07) is 4.14. The molecule has 2 rings (SSSR count). The first-order chi connectivity index (χ1) is 9.81. The first kappa shape index (κ1) is 15.5. The van der Waals surface area contributed by atoms with Crippen LogP contribution in [0.1, 0.15) is 10.4 Å². The second-order valence-corrected chi connectivity index (χ2v) is 5.21. The van der Waals surface area contributed by atoms with Gasteiger partial charge in [-0.1, -0.05) is 0 Å². The Morgan fingerprint density at radius 2 is 1.71 bits per heavy atom. The molecule has 0 saturated heterocycles. The number of benzene rings is 2. The molecule has 21 heavy (non-hydrogen) atoms. The van der Waals surface area contributed by atoms with Gasteiger partial charge >= 0.3 is 5.97 Å². The predicted octanol–water partition coefficient (Wildman–Crippen LogP) is 4.29. The highest BCUT2D eigenvalue weighted by Crippen LogP contribution is 2.29. The number of carboxylic acid groups (broad SMARTS) is 1. The lowest BCUT2D eigenvalue weighted by atomic mass is 10.1. The van der Waals surface area contributed by atoms with Crippen LogP contribution in [-0.4, -0.2) is 11.1 Å². The maximum absolute atomic E-state index is 13.7. The summed E-state index contributed by atoms with van der Waals surface area (Å²) in [7, 11) is 0. The van der Waals surface area contributed by atoms with Gasteiger partial charge in [0.1, 0.15) is 5.82 Å². The van der Waals surface area contributed by atoms with Gasteiger partial charge in [-0.25, -0.2) is 22.4 Å². The number of halogens is 5. The number of nitrogens with one attached hydrogen (secondary N) is 1. The van der Waals surface area contributed by atoms with E-state index in [0.29, 0.717) is 9.64 Å². The van der Waals surface area contributed by atoms with E-state index in [9.17, 15) is 22.4 Å². The monoisotopic (exact) mass is 411 g/mol. The number of rotatable bonds is 3. The Bertz CT molecular complexity index is 737. The van der Waals surface area contributed by atoms with E-state index in [1.807, 2.05) is 22.6 Å². The normalized spacial score (nSPS) is 10.5. The van der Waals surface area contributed by atoms with Crippen molar-refractivity contribution < 1.29 is 27.5 Å². The van der Waals surface area contributed by atoms with E-state index in [4.69, 9.17) is 5.11 Å². The fraction of sp³-hybridized carbons (Fsp3) is 0. The van der Waals surface area contributed by atoms with Crippen molar-refractivity contribution in [3.05, 3.63) is 56.7 Å². The topological polar surface area (TPSA) is 49.3 Å². The Morgan fingerprint density at radius 3 is 2.29 bits per heavy atom. The van der Waals surface area contributed by atoms with E-state index < -0.39 is 40.5 Å². The summed E-state index contributed by atoms with van der Waals surface area (Å²) in [6.07, 6.45) is 0. The zero-order valence-electron chi connectivity index (χ0n) is 10.1. The van der Waals surface area contributed by atoms with E-state index in [-0.39, 0.29) is 5.69 Å². The van der Waals surface area contributed by atoms with Gasteiger partial charge in [-0.15, -0.1) is 0 Å². The molecule has 0 bridgehead atoms. The SMILES string of the molecule is O=C(O)c1cc(F)c(F)c(F)c1Nc1ccc(I)cc1F. The molecule has 110 valence electrons. The highest BCUT2D eigenvalue weighted by Gasteiger charge is 2.23. The van der Waals surface area contributed by atoms with Crippen molar-refractivity contribution in [1.82, 2.24) is 0 Å². The largest absolute Gasteiger partial charge is 0.478 e. The summed E-state index contributed by atoms with van der Waals surface area (Å²) >= 11 is 1.84. The standard InChI is InChI=1S/C13H6F4INO2/c14-7-3-5(18)1-2-9(7)19-12-6(13(20)21)4-8(15)10(16)11(12)17/h1-4,19H,(H,20,21). The highest BCUT2D eigenvalue weighted by atomic mass is 127. The van der Waals surface area contributed by atoms with E-state index in [2.05, 4.69) is 5.32 Å². The van der Waals surface area contributed by atoms with Crippen LogP contribution in [0.25, 0.3) is 0 Å². The molecule has 8 heteroatoms. The average molecular weight is 411 g/mol. The Kier molecular flexibility index (Phi) is 4.35. The van der Waals surface area contributed by atoms with Gasteiger partial charge in [0.2, 0.25) is 0 Å². The summed E-state index contributed by atoms with van der Waals surface area (Å²) in [5.74, 6) is -7.68. The molecule has 0 saturated carbocycles. The van der Waals surface area contributed by atoms with Gasteiger partial charge in [0.15, 0.2) is 17.5 Å². The number of hydrogen-bond acceptors (Lipinski definition) is 2. The maximum atomic E-state index is 13.7. The van der Waals surface area contributed by atoms with Crippen molar-refractivity contribution in [3.8, 4) is 0 Å². The summed E-state index contributed by atoms with van der Waals surface area (Å²) in [4.78, 5) is 11.0. The molecule has 0 spiro atoms. The van der Waals surface area contributed by atoms with Crippen LogP contribution in [-0.2, 0) is 0 Å². The van der Waals surface area contributed by atoms with Crippen LogP contribution in [0.15, 0.2) is 24.3 Å². The molecule has 0 heterocycles. The fourth-order valence-corrected chi connectivity index (χ4v) is 2.06. The molecule has 0 fully saturated rings. The zero-order chi connectivity index (χ0) is 15.7. The number of anilines is 2. The Balaban J connectivity index is 2.57. The van der Waals surface area contributed by atoms with Gasteiger partial charge in [-0.3, -0.25) is 0 Å². The molecule has 0 aliphatic rings. The van der Waals surface area contributed by atoms with E-state index in [0.717, 1.165) is 6.07 Å². The maximum Gasteiger partial charge on any atom is 0.338 e. The van der Waals surface area contributed by atoms with Crippen molar-refractivity contribution in [3.63, 3.8) is 0 Å². The minimum atomic E-state index is -1.84. The van der Waals surface area contributed by atoms with Gasteiger partial charge in [0, 0.05) is 3.57 Å². The van der Waals surface area contributed by atoms with Gasteiger partial charge < -0.3 is 10.4 Å². The molecule has 3 nitrogen and oxygen atoms in total. The van der Waals surface area contributed by atoms with Crippen LogP contribution in [0, 0.1) is 26.8 Å². The number of aromatic carboxylic acids is 1. The summed E-state index contributed by atoms with van der Waals surface area (Å²) in [6.45, 7) is 0. The molecular weight excluding hydrogens is 405 g/mol. The van der Waals surface area contributed by atoms with Crippen LogP contribution in [0.2, 0.25) is 0 Å². The Labute approximate surface area is 129 Å². The third kappa shape index (κ3) is 3.09. The number of carboxylic acids is 1. The fourth-order valence-electron chi connectivity index (χ4n) is 1.61. The minimum absolute atomic E-state index is 0.261. The third-order valence-corrected chi connectivity index (χ3v) is 3.25. The van der Waals surface area contributed by atoms with E-state index >= 15 is 0 Å². The summed E-state index contributed by atoms with van der Waals surface area (Å²) in [5.41, 5.74) is -1.95. The van der Waals surface area contributed by atoms with Crippen molar-refractivity contribution >= 4 is 39.9 Å². The lowest BCUT2D eigenvalue weighted by Crippen LogP contribution is -2.09. The molecule has 2 aromatic rings. The molecule has 0 radical (unpaired) electrons. The smallest absolute Gasteiger partial charge is 0.338 e. The second kappa shape index (κ2) is 5.88. The molecule has 2 N–H and O–H groups in total. The van der Waals surface area contributed by atoms with Gasteiger partial charge in [-0.05, 0) is 46.9 Å². The average Bonchev–Trinajstić information content (AvgIpc) is 2.41. The quantitative estimate of drug-likeness (QED) is 0.450. The molecule has 0 atom stereocenters. The van der Waals surface area contributed by atoms with Crippen molar-refractivity contribution in [1.29, 1.82) is 0 Å². The van der Waals surface area contributed by atoms with Crippen molar-refractivity contribution in [2.75, 3.05) is 5.32 Å². The first-order valence-electron chi connectivity index (χ1n) is 5.44. The molecule has 0 aliphatic carbocycles. The van der Waals surface area contributed by atoms with Crippen LogP contribution in [0.5, 0.6) is 0 Å². The van der Waals surface area contributed by atoms with Crippen LogP contribution in [0.3, 0.4) is 0 Å². The zero-order valence-corrected chi connectivity index (χ0v) is 12.2. The van der Waals surface area contributed by atoms with Gasteiger partial charge in [0.05, 0.1) is 16.9 Å². The highest BCUT2D eigenvalue weighted by molar-refractivity contribution is 14.1. The lowest BCUT2D eigenvalue weighted by Gasteiger charge is -2.12. The molecule has 0 aliphatic heterocycles. The molecule has 0 amide bonds. The summed E-state index contributed by atoms with van der Waals surface area (Å²) < 4.78 is 54.2. The Morgan fingerprint density at radius 1 is 1.05 bits per heavy atom. The molecule has 2 aromatic carbocycles. The Hall–Kier alpha value is -1.84. The number of carbonyl (C=O) groups is 1. The molecule has 0 unspecified atom stereocenters. The minimum Gasteiger partial charge on any atom is -0.478 e. The molecule has 0 aromatic heterocycles. The lowest BCUT2D eigenvalue weighted by molar-refractivity contribution is 0.0696. The second-order valence-electron chi connectivity index (χ2n) is 3.96. The van der Waals surface area contributed by atoms with Gasteiger partial charge in [-0.2, -0.15) is 0 Å². The van der Waals surface area contributed by atoms with E-state index in [1.165, 1.54) is 12.1 Å². The molecular formula is C13H6F4INO2. The van der Waals surface area contributed by atoms with Crippen LogP contribution >= 0.6 is 22.6 Å². The van der Waals surface area contributed by atoms with Crippen LogP contribution in [0.4, 0.5) is 28.9 Å². The third-order valence-electron chi connectivity index (χ3n) is 2.58. The van der Waals surface area contributed by atoms with Crippen molar-refractivity contribution in [2.45, 2.75) is 0 Å². The number of hydrogen-bond donors (Lipinski definition) is 2. The first-order valence-corrected chi connectivity index (χ1v) is 6.52. The van der Waals surface area contributed by atoms with E-state index in [1.54, 1.807) is 0 Å². The van der Waals surface area contributed by atoms with Crippen molar-refractivity contribution in [2.24, 2.45) is 0 Å². The van der Waals surface area contributed by atoms with Crippen LogP contribution < -0.4 is 5.32 Å². The van der Waals surface area contributed by atoms with Gasteiger partial charge in [0.25, 0.3) is 0 Å². The summed E-state index contributed by atoms with van der Waals surface area (Å²) in [5, 5.41) is 11.1.